The van der Waals surface area contributed by atoms with Gasteiger partial charge < -0.3 is 24.6 Å². The Morgan fingerprint density at radius 2 is 1.01 bits per heavy atom. The van der Waals surface area contributed by atoms with Gasteiger partial charge in [0.15, 0.2) is 0 Å². The predicted octanol–water partition coefficient (Wildman–Crippen LogP) is 10.4. The van der Waals surface area contributed by atoms with Gasteiger partial charge in [0.2, 0.25) is 10.0 Å². The minimum absolute atomic E-state index is 0.0748. The molecule has 21 heteroatoms. The van der Waals surface area contributed by atoms with Crippen molar-refractivity contribution in [3.8, 4) is 0 Å². The topological polar surface area (TPSA) is 141 Å². The molecular formula is C53H68F6N8O6S. The van der Waals surface area contributed by atoms with Crippen molar-refractivity contribution in [3.05, 3.63) is 117 Å². The van der Waals surface area contributed by atoms with Crippen molar-refractivity contribution < 1.29 is 53.8 Å². The third-order valence-electron chi connectivity index (χ3n) is 14.4. The average Bonchev–Trinajstić information content (AvgIpc) is 3.78. The highest BCUT2D eigenvalue weighted by Gasteiger charge is 2.44. The molecule has 74 heavy (non-hydrogen) atoms. The summed E-state index contributed by atoms with van der Waals surface area (Å²) in [6, 6.07) is 11.1. The standard InChI is InChI=1S/C27H35F3N4O4S.C26H33F3N4O2/c1-6-33(23-7-9-32(10-8-23)39(5,36)37)25-21(12-18(3)15-31-25)16-34-19(4)24(38-26(34)35)20-11-17(2)13-22(14-20)27(28,29)30;1-5-32(22-6-8-30-9-7-22)24-20(11-17(3)14-31-24)15-33-18(4)23(35-25(33)34)19-10-16(2)12-21(13-19)26(27,28)29/h11-15,19,23-24H,6-10,16H2,1-5H3;10-14,18,22-23,30H,5-9,15H2,1-4H3/t19-,24-;18-,23-/m00/s1. The summed E-state index contributed by atoms with van der Waals surface area (Å²) < 4.78 is 117. The van der Waals surface area contributed by atoms with Crippen LogP contribution in [0.1, 0.15) is 121 Å². The van der Waals surface area contributed by atoms with Gasteiger partial charge in [0.25, 0.3) is 0 Å². The number of aryl methyl sites for hydroxylation is 4. The number of carbonyl (C=O) groups is 2. The fraction of sp³-hybridized carbons (Fsp3) is 0.547. The van der Waals surface area contributed by atoms with Crippen LogP contribution in [0.4, 0.5) is 47.6 Å². The van der Waals surface area contributed by atoms with Gasteiger partial charge in [-0.15, -0.1) is 0 Å². The van der Waals surface area contributed by atoms with E-state index >= 15 is 0 Å². The van der Waals surface area contributed by atoms with Crippen molar-refractivity contribution in [1.82, 2.24) is 29.4 Å². The van der Waals surface area contributed by atoms with Crippen LogP contribution in [0.2, 0.25) is 0 Å². The Hall–Kier alpha value is -5.67. The van der Waals surface area contributed by atoms with Gasteiger partial charge in [0, 0.05) is 61.8 Å². The number of hydrogen-bond donors (Lipinski definition) is 1. The lowest BCUT2D eigenvalue weighted by Gasteiger charge is -2.39. The zero-order chi connectivity index (χ0) is 54.0. The number of hydrogen-bond acceptors (Lipinski definition) is 11. The number of nitrogens with zero attached hydrogens (tertiary/aromatic N) is 7. The number of cyclic esters (lactones) is 2. The number of alkyl halides is 6. The number of piperidine rings is 2. The second kappa shape index (κ2) is 22.7. The molecule has 2 amide bonds. The first-order valence-electron chi connectivity index (χ1n) is 25.2. The van der Waals surface area contributed by atoms with E-state index in [1.807, 2.05) is 46.0 Å². The van der Waals surface area contributed by atoms with Crippen molar-refractivity contribution in [1.29, 1.82) is 0 Å². The Morgan fingerprint density at radius 3 is 1.38 bits per heavy atom. The van der Waals surface area contributed by atoms with Crippen molar-refractivity contribution >= 4 is 33.8 Å². The van der Waals surface area contributed by atoms with Gasteiger partial charge >= 0.3 is 24.5 Å². The number of benzene rings is 2. The molecule has 0 unspecified atom stereocenters. The molecule has 4 saturated heterocycles. The monoisotopic (exact) mass is 1060 g/mol. The summed E-state index contributed by atoms with van der Waals surface area (Å²) >= 11 is 0. The zero-order valence-corrected chi connectivity index (χ0v) is 44.3. The number of aromatic nitrogens is 2. The fourth-order valence-corrected chi connectivity index (χ4v) is 11.6. The fourth-order valence-electron chi connectivity index (χ4n) is 10.7. The minimum atomic E-state index is -4.50. The molecule has 404 valence electrons. The maximum absolute atomic E-state index is 13.4. The molecule has 2 aromatic carbocycles. The number of sulfonamides is 1. The molecule has 4 aliphatic heterocycles. The molecule has 6 heterocycles. The summed E-state index contributed by atoms with van der Waals surface area (Å²) in [6.07, 6.45) is -3.59. The second-order valence-electron chi connectivity index (χ2n) is 20.0. The Bertz CT molecular complexity index is 2770. The third kappa shape index (κ3) is 12.9. The first kappa shape index (κ1) is 56.1. The zero-order valence-electron chi connectivity index (χ0n) is 43.5. The minimum Gasteiger partial charge on any atom is -0.439 e. The molecule has 0 aliphatic carbocycles. The molecule has 4 aliphatic rings. The molecule has 14 nitrogen and oxygen atoms in total. The van der Waals surface area contributed by atoms with E-state index < -0.39 is 70.0 Å². The van der Waals surface area contributed by atoms with Gasteiger partial charge in [-0.3, -0.25) is 9.80 Å². The van der Waals surface area contributed by atoms with E-state index in [1.54, 1.807) is 44.0 Å². The second-order valence-corrected chi connectivity index (χ2v) is 22.0. The molecule has 0 bridgehead atoms. The summed E-state index contributed by atoms with van der Waals surface area (Å²) in [6.45, 7) is 19.4. The van der Waals surface area contributed by atoms with Gasteiger partial charge in [-0.25, -0.2) is 32.3 Å². The van der Waals surface area contributed by atoms with Crippen LogP contribution in [0.3, 0.4) is 0 Å². The lowest BCUT2D eigenvalue weighted by Crippen LogP contribution is -2.47. The van der Waals surface area contributed by atoms with Crippen LogP contribution in [-0.4, -0.2) is 114 Å². The van der Waals surface area contributed by atoms with Crippen molar-refractivity contribution in [2.24, 2.45) is 0 Å². The predicted molar refractivity (Wildman–Crippen MR) is 270 cm³/mol. The summed E-state index contributed by atoms with van der Waals surface area (Å²) in [5.41, 5.74) is 3.66. The number of anilines is 2. The molecular weight excluding hydrogens is 991 g/mol. The van der Waals surface area contributed by atoms with Crippen LogP contribution >= 0.6 is 0 Å². The smallest absolute Gasteiger partial charge is 0.416 e. The van der Waals surface area contributed by atoms with Crippen molar-refractivity contribution in [2.45, 2.75) is 143 Å². The van der Waals surface area contributed by atoms with E-state index in [-0.39, 0.29) is 19.1 Å². The van der Waals surface area contributed by atoms with Crippen molar-refractivity contribution in [3.63, 3.8) is 0 Å². The van der Waals surface area contributed by atoms with Gasteiger partial charge in [0.1, 0.15) is 23.8 Å². The largest absolute Gasteiger partial charge is 0.439 e. The van der Waals surface area contributed by atoms with Crippen LogP contribution in [-0.2, 0) is 44.9 Å². The molecule has 0 spiro atoms. The van der Waals surface area contributed by atoms with Gasteiger partial charge in [-0.1, -0.05) is 23.3 Å². The Balaban J connectivity index is 0.000000217. The first-order chi connectivity index (χ1) is 34.8. The van der Waals surface area contributed by atoms with Gasteiger partial charge in [0.05, 0.1) is 42.6 Å². The Morgan fingerprint density at radius 1 is 0.622 bits per heavy atom. The quantitative estimate of drug-likeness (QED) is 0.128. The SMILES string of the molecule is CCN(c1ncc(C)cc1CN1C(=O)O[C@H](c2cc(C)cc(C(F)(F)F)c2)[C@@H]1C)C1CCN(S(C)(=O)=O)CC1.CCN(c1ncc(C)cc1CN1C(=O)O[C@H](c2cc(C)cc(C(F)(F)F)c2)[C@@H]1C)C1CCNCC1. The first-order valence-corrected chi connectivity index (χ1v) is 27.0. The normalized spacial score (nSPS) is 21.3. The molecule has 2 aromatic heterocycles. The number of halogens is 6. The van der Waals surface area contributed by atoms with Crippen LogP contribution in [0.15, 0.2) is 60.9 Å². The molecule has 4 atom stereocenters. The van der Waals surface area contributed by atoms with Crippen LogP contribution in [0.25, 0.3) is 0 Å². The van der Waals surface area contributed by atoms with E-state index in [9.17, 15) is 44.3 Å². The van der Waals surface area contributed by atoms with E-state index in [2.05, 4.69) is 22.0 Å². The highest BCUT2D eigenvalue weighted by molar-refractivity contribution is 7.88. The number of rotatable bonds is 13. The lowest BCUT2D eigenvalue weighted by atomic mass is 9.98. The van der Waals surface area contributed by atoms with Crippen LogP contribution in [0.5, 0.6) is 0 Å². The Labute approximate surface area is 430 Å². The molecule has 4 fully saturated rings. The molecule has 0 saturated carbocycles. The molecule has 4 aromatic rings. The maximum Gasteiger partial charge on any atom is 0.416 e. The highest BCUT2D eigenvalue weighted by Crippen LogP contribution is 2.41. The van der Waals surface area contributed by atoms with Crippen LogP contribution < -0.4 is 15.1 Å². The van der Waals surface area contributed by atoms with Gasteiger partial charge in [-0.05, 0) is 153 Å². The number of pyridine rings is 2. The summed E-state index contributed by atoms with van der Waals surface area (Å²) in [5, 5.41) is 3.39. The van der Waals surface area contributed by atoms with Gasteiger partial charge in [-0.2, -0.15) is 26.3 Å². The summed E-state index contributed by atoms with van der Waals surface area (Å²) in [4.78, 5) is 42.9. The van der Waals surface area contributed by atoms with E-state index in [1.165, 1.54) is 15.5 Å². The number of amides is 2. The van der Waals surface area contributed by atoms with E-state index in [0.29, 0.717) is 66.6 Å². The van der Waals surface area contributed by atoms with E-state index in [4.69, 9.17) is 19.4 Å². The van der Waals surface area contributed by atoms with E-state index in [0.717, 1.165) is 84.8 Å². The summed E-state index contributed by atoms with van der Waals surface area (Å²) in [5.74, 6) is 1.56. The summed E-state index contributed by atoms with van der Waals surface area (Å²) in [7, 11) is -3.25. The lowest BCUT2D eigenvalue weighted by molar-refractivity contribution is -0.138. The number of ether oxygens (including phenoxy) is 2. The highest BCUT2D eigenvalue weighted by atomic mass is 32.2. The number of carbonyl (C=O) groups excluding carboxylic acids is 2. The van der Waals surface area contributed by atoms with Crippen LogP contribution in [0, 0.1) is 27.7 Å². The molecule has 0 radical (unpaired) electrons. The number of nitrogens with one attached hydrogen (secondary N) is 1. The Kier molecular flexibility index (Phi) is 17.2. The average molecular weight is 1060 g/mol. The molecule has 8 rings (SSSR count). The molecule has 1 N–H and O–H groups in total. The van der Waals surface area contributed by atoms with Crippen molar-refractivity contribution in [2.75, 3.05) is 55.3 Å². The maximum atomic E-state index is 13.4. The third-order valence-corrected chi connectivity index (χ3v) is 15.7.